The van der Waals surface area contributed by atoms with E-state index in [2.05, 4.69) is 33.0 Å². The van der Waals surface area contributed by atoms with Crippen LogP contribution in [0.1, 0.15) is 38.8 Å². The molecule has 0 saturated carbocycles. The molecule has 0 aliphatic carbocycles. The average Bonchev–Trinajstić information content (AvgIpc) is 2.34. The molecular formula is C17H29NO2. The first-order valence-electron chi connectivity index (χ1n) is 7.32. The van der Waals surface area contributed by atoms with Crippen LogP contribution in [0.5, 0.6) is 5.75 Å². The van der Waals surface area contributed by atoms with Gasteiger partial charge in [0.05, 0.1) is 0 Å². The van der Waals surface area contributed by atoms with Gasteiger partial charge in [-0.15, -0.1) is 0 Å². The fraction of sp³-hybridized carbons (Fsp3) is 0.647. The van der Waals surface area contributed by atoms with Crippen LogP contribution in [0, 0.1) is 19.3 Å². The Morgan fingerprint density at radius 2 is 1.75 bits per heavy atom. The minimum Gasteiger partial charge on any atom is -0.490 e. The standard InChI is InChI=1S/C17H29NO2/c1-12-8-7-9-13(2)16(12)20-11-15(19)10-18-14(3)17(4,5)6/h7-9,14-15,18-19H,10-11H2,1-6H3. The predicted octanol–water partition coefficient (Wildman–Crippen LogP) is 3.07. The second kappa shape index (κ2) is 7.09. The Morgan fingerprint density at radius 1 is 1.20 bits per heavy atom. The summed E-state index contributed by atoms with van der Waals surface area (Å²) in [5, 5.41) is 13.4. The van der Waals surface area contributed by atoms with Gasteiger partial charge in [0, 0.05) is 12.6 Å². The Kier molecular flexibility index (Phi) is 6.03. The lowest BCUT2D eigenvalue weighted by Crippen LogP contribution is -2.42. The fourth-order valence-electron chi connectivity index (χ4n) is 1.88. The van der Waals surface area contributed by atoms with Gasteiger partial charge >= 0.3 is 0 Å². The van der Waals surface area contributed by atoms with Crippen molar-refractivity contribution in [3.05, 3.63) is 29.3 Å². The van der Waals surface area contributed by atoms with Gasteiger partial charge in [0.2, 0.25) is 0 Å². The first-order chi connectivity index (χ1) is 9.21. The van der Waals surface area contributed by atoms with Gasteiger partial charge in [-0.3, -0.25) is 0 Å². The van der Waals surface area contributed by atoms with Crippen molar-refractivity contribution in [3.63, 3.8) is 0 Å². The van der Waals surface area contributed by atoms with Crippen molar-refractivity contribution in [3.8, 4) is 5.75 Å². The minimum absolute atomic E-state index is 0.188. The quantitative estimate of drug-likeness (QED) is 0.841. The number of ether oxygens (including phenoxy) is 1. The number of benzene rings is 1. The second-order valence-corrected chi connectivity index (χ2v) is 6.68. The maximum Gasteiger partial charge on any atom is 0.125 e. The monoisotopic (exact) mass is 279 g/mol. The molecule has 2 unspecified atom stereocenters. The van der Waals surface area contributed by atoms with Gasteiger partial charge in [0.25, 0.3) is 0 Å². The summed E-state index contributed by atoms with van der Waals surface area (Å²) in [4.78, 5) is 0. The lowest BCUT2D eigenvalue weighted by atomic mass is 9.88. The number of aliphatic hydroxyl groups excluding tert-OH is 1. The van der Waals surface area contributed by atoms with E-state index in [1.54, 1.807) is 0 Å². The van der Waals surface area contributed by atoms with Crippen molar-refractivity contribution in [2.75, 3.05) is 13.2 Å². The molecule has 2 N–H and O–H groups in total. The summed E-state index contributed by atoms with van der Waals surface area (Å²) in [6.45, 7) is 13.6. The average molecular weight is 279 g/mol. The van der Waals surface area contributed by atoms with Crippen molar-refractivity contribution in [1.82, 2.24) is 5.32 Å². The Bertz CT molecular complexity index is 403. The third kappa shape index (κ3) is 5.14. The molecule has 20 heavy (non-hydrogen) atoms. The van der Waals surface area contributed by atoms with Crippen LogP contribution in [0.25, 0.3) is 0 Å². The Morgan fingerprint density at radius 3 is 2.25 bits per heavy atom. The summed E-state index contributed by atoms with van der Waals surface area (Å²) in [5.41, 5.74) is 2.40. The smallest absolute Gasteiger partial charge is 0.125 e. The zero-order valence-electron chi connectivity index (χ0n) is 13.7. The van der Waals surface area contributed by atoms with E-state index in [1.165, 1.54) is 0 Å². The third-order valence-corrected chi connectivity index (χ3v) is 3.79. The first-order valence-corrected chi connectivity index (χ1v) is 7.32. The van der Waals surface area contributed by atoms with Crippen LogP contribution in [0.2, 0.25) is 0 Å². The second-order valence-electron chi connectivity index (χ2n) is 6.68. The van der Waals surface area contributed by atoms with Crippen LogP contribution in [-0.4, -0.2) is 30.4 Å². The van der Waals surface area contributed by atoms with Gasteiger partial charge in [0.1, 0.15) is 18.5 Å². The predicted molar refractivity (Wildman–Crippen MR) is 84.3 cm³/mol. The zero-order chi connectivity index (χ0) is 15.3. The number of aryl methyl sites for hydroxylation is 2. The van der Waals surface area contributed by atoms with Crippen molar-refractivity contribution in [1.29, 1.82) is 0 Å². The van der Waals surface area contributed by atoms with Gasteiger partial charge in [-0.2, -0.15) is 0 Å². The summed E-state index contributed by atoms with van der Waals surface area (Å²) >= 11 is 0. The third-order valence-electron chi connectivity index (χ3n) is 3.79. The fourth-order valence-corrected chi connectivity index (χ4v) is 1.88. The number of nitrogens with one attached hydrogen (secondary N) is 1. The molecule has 3 heteroatoms. The van der Waals surface area contributed by atoms with Crippen molar-refractivity contribution in [2.24, 2.45) is 5.41 Å². The molecule has 0 aromatic heterocycles. The molecule has 0 spiro atoms. The number of rotatable bonds is 6. The van der Waals surface area contributed by atoms with Crippen LogP contribution < -0.4 is 10.1 Å². The van der Waals surface area contributed by atoms with Crippen LogP contribution in [-0.2, 0) is 0 Å². The summed E-state index contributed by atoms with van der Waals surface area (Å²) < 4.78 is 5.76. The van der Waals surface area contributed by atoms with Crippen LogP contribution in [0.15, 0.2) is 18.2 Å². The molecule has 1 rings (SSSR count). The van der Waals surface area contributed by atoms with Gasteiger partial charge in [-0.05, 0) is 37.3 Å². The SMILES string of the molecule is Cc1cccc(C)c1OCC(O)CNC(C)C(C)(C)C. The van der Waals surface area contributed by atoms with Crippen LogP contribution in [0.4, 0.5) is 0 Å². The number of hydrogen-bond donors (Lipinski definition) is 2. The van der Waals surface area contributed by atoms with E-state index in [-0.39, 0.29) is 5.41 Å². The summed E-state index contributed by atoms with van der Waals surface area (Å²) in [6, 6.07) is 6.40. The van der Waals surface area contributed by atoms with Gasteiger partial charge in [-0.1, -0.05) is 39.0 Å². The molecule has 0 heterocycles. The van der Waals surface area contributed by atoms with Gasteiger partial charge in [0.15, 0.2) is 0 Å². The van der Waals surface area contributed by atoms with Gasteiger partial charge in [-0.25, -0.2) is 0 Å². The highest BCUT2D eigenvalue weighted by Gasteiger charge is 2.20. The molecule has 0 aliphatic heterocycles. The van der Waals surface area contributed by atoms with E-state index in [9.17, 15) is 5.11 Å². The molecule has 0 amide bonds. The van der Waals surface area contributed by atoms with E-state index < -0.39 is 6.10 Å². The summed E-state index contributed by atoms with van der Waals surface area (Å²) in [6.07, 6.45) is -0.501. The van der Waals surface area contributed by atoms with Gasteiger partial charge < -0.3 is 15.2 Å². The van der Waals surface area contributed by atoms with E-state index in [0.717, 1.165) is 16.9 Å². The maximum absolute atomic E-state index is 10.0. The molecular weight excluding hydrogens is 250 g/mol. The van der Waals surface area contributed by atoms with Crippen LogP contribution in [0.3, 0.4) is 0 Å². The summed E-state index contributed by atoms with van der Waals surface area (Å²) in [5.74, 6) is 0.885. The Labute approximate surface area is 123 Å². The van der Waals surface area contributed by atoms with E-state index in [4.69, 9.17) is 4.74 Å². The van der Waals surface area contributed by atoms with Crippen molar-refractivity contribution in [2.45, 2.75) is 53.7 Å². The molecule has 1 aromatic carbocycles. The molecule has 114 valence electrons. The lowest BCUT2D eigenvalue weighted by Gasteiger charge is -2.29. The highest BCUT2D eigenvalue weighted by atomic mass is 16.5. The largest absolute Gasteiger partial charge is 0.490 e. The molecule has 0 fully saturated rings. The number of hydrogen-bond acceptors (Lipinski definition) is 3. The zero-order valence-corrected chi connectivity index (χ0v) is 13.7. The molecule has 0 saturated heterocycles. The Hall–Kier alpha value is -1.06. The van der Waals surface area contributed by atoms with E-state index in [1.807, 2.05) is 32.0 Å². The Balaban J connectivity index is 2.42. The minimum atomic E-state index is -0.501. The first kappa shape index (κ1) is 17.0. The topological polar surface area (TPSA) is 41.5 Å². The molecule has 0 radical (unpaired) electrons. The van der Waals surface area contributed by atoms with Crippen molar-refractivity contribution < 1.29 is 9.84 Å². The van der Waals surface area contributed by atoms with E-state index >= 15 is 0 Å². The highest BCUT2D eigenvalue weighted by molar-refractivity contribution is 5.39. The van der Waals surface area contributed by atoms with Crippen LogP contribution >= 0.6 is 0 Å². The normalized spacial score (nSPS) is 14.9. The van der Waals surface area contributed by atoms with Crippen molar-refractivity contribution >= 4 is 0 Å². The number of aliphatic hydroxyl groups is 1. The lowest BCUT2D eigenvalue weighted by molar-refractivity contribution is 0.0979. The summed E-state index contributed by atoms with van der Waals surface area (Å²) in [7, 11) is 0. The molecule has 3 nitrogen and oxygen atoms in total. The maximum atomic E-state index is 10.0. The molecule has 1 aromatic rings. The molecule has 0 bridgehead atoms. The molecule has 0 aliphatic rings. The number of para-hydroxylation sites is 1. The van der Waals surface area contributed by atoms with E-state index in [0.29, 0.717) is 19.2 Å². The highest BCUT2D eigenvalue weighted by Crippen LogP contribution is 2.22. The molecule has 2 atom stereocenters.